The summed E-state index contributed by atoms with van der Waals surface area (Å²) >= 11 is 3.43. The normalized spacial score (nSPS) is 22.9. The maximum atomic E-state index is 5.73. The molecule has 0 unspecified atom stereocenters. The highest BCUT2D eigenvalue weighted by atomic mass is 79.9. The molecule has 0 bridgehead atoms. The van der Waals surface area contributed by atoms with E-state index in [2.05, 4.69) is 33.4 Å². The Balaban J connectivity index is 1.81. The molecule has 0 amide bonds. The summed E-state index contributed by atoms with van der Waals surface area (Å²) in [6.07, 6.45) is 1.88. The van der Waals surface area contributed by atoms with Gasteiger partial charge in [-0.15, -0.1) is 0 Å². The SMILES string of the molecule is CN1CCC2(CC1)N=C(c1ccc(Br)cc1)NO2. The second-order valence-corrected chi connectivity index (χ2v) is 5.84. The van der Waals surface area contributed by atoms with Crippen molar-refractivity contribution < 1.29 is 4.84 Å². The molecule has 96 valence electrons. The molecule has 3 rings (SSSR count). The molecule has 5 heteroatoms. The number of aliphatic imine (C=N–C) groups is 1. The average Bonchev–Trinajstić information content (AvgIpc) is 2.79. The van der Waals surface area contributed by atoms with Crippen molar-refractivity contribution in [3.63, 3.8) is 0 Å². The highest BCUT2D eigenvalue weighted by molar-refractivity contribution is 9.10. The largest absolute Gasteiger partial charge is 0.306 e. The molecule has 0 saturated carbocycles. The summed E-state index contributed by atoms with van der Waals surface area (Å²) in [6.45, 7) is 2.05. The van der Waals surface area contributed by atoms with Crippen LogP contribution in [0, 0.1) is 0 Å². The van der Waals surface area contributed by atoms with Gasteiger partial charge in [0.2, 0.25) is 0 Å². The van der Waals surface area contributed by atoms with Crippen molar-refractivity contribution in [1.29, 1.82) is 0 Å². The first kappa shape index (κ1) is 12.1. The predicted molar refractivity (Wildman–Crippen MR) is 74.4 cm³/mol. The van der Waals surface area contributed by atoms with Gasteiger partial charge in [-0.25, -0.2) is 15.3 Å². The van der Waals surface area contributed by atoms with Crippen LogP contribution in [-0.2, 0) is 4.84 Å². The van der Waals surface area contributed by atoms with Crippen molar-refractivity contribution in [3.8, 4) is 0 Å². The minimum Gasteiger partial charge on any atom is -0.306 e. The summed E-state index contributed by atoms with van der Waals surface area (Å²) in [5, 5.41) is 0. The molecule has 2 aliphatic rings. The van der Waals surface area contributed by atoms with Gasteiger partial charge < -0.3 is 4.90 Å². The summed E-state index contributed by atoms with van der Waals surface area (Å²) in [6, 6.07) is 8.10. The molecular weight excluding hydrogens is 294 g/mol. The van der Waals surface area contributed by atoms with E-state index in [4.69, 9.17) is 9.83 Å². The van der Waals surface area contributed by atoms with Crippen LogP contribution in [0.3, 0.4) is 0 Å². The number of hydrogen-bond acceptors (Lipinski definition) is 4. The Labute approximate surface area is 115 Å². The van der Waals surface area contributed by atoms with Gasteiger partial charge in [-0.1, -0.05) is 28.1 Å². The Morgan fingerprint density at radius 3 is 2.61 bits per heavy atom. The van der Waals surface area contributed by atoms with Gasteiger partial charge in [0.25, 0.3) is 0 Å². The fraction of sp³-hybridized carbons (Fsp3) is 0.462. The number of piperidine rings is 1. The standard InChI is InChI=1S/C13H16BrN3O/c1-17-8-6-13(7-9-17)15-12(16-18-13)10-2-4-11(14)5-3-10/h2-5H,6-9H2,1H3,(H,15,16). The van der Waals surface area contributed by atoms with Crippen molar-refractivity contribution in [2.75, 3.05) is 20.1 Å². The first-order chi connectivity index (χ1) is 8.67. The highest BCUT2D eigenvalue weighted by Gasteiger charge is 2.39. The molecule has 2 heterocycles. The lowest BCUT2D eigenvalue weighted by molar-refractivity contribution is -0.0863. The van der Waals surface area contributed by atoms with Crippen molar-refractivity contribution in [2.24, 2.45) is 4.99 Å². The van der Waals surface area contributed by atoms with Crippen LogP contribution >= 0.6 is 15.9 Å². The van der Waals surface area contributed by atoms with E-state index in [0.29, 0.717) is 0 Å². The molecule has 2 aliphatic heterocycles. The molecule has 1 saturated heterocycles. The number of nitrogens with one attached hydrogen (secondary N) is 1. The van der Waals surface area contributed by atoms with E-state index in [1.54, 1.807) is 0 Å². The minimum absolute atomic E-state index is 0.352. The van der Waals surface area contributed by atoms with Gasteiger partial charge in [0.05, 0.1) is 0 Å². The van der Waals surface area contributed by atoms with E-state index in [1.165, 1.54) is 0 Å². The molecule has 1 aromatic carbocycles. The van der Waals surface area contributed by atoms with Crippen LogP contribution in [0.4, 0.5) is 0 Å². The fourth-order valence-electron chi connectivity index (χ4n) is 2.31. The second-order valence-electron chi connectivity index (χ2n) is 4.92. The van der Waals surface area contributed by atoms with E-state index < -0.39 is 0 Å². The summed E-state index contributed by atoms with van der Waals surface area (Å²) < 4.78 is 1.07. The molecule has 1 spiro atoms. The molecule has 0 radical (unpaired) electrons. The van der Waals surface area contributed by atoms with Crippen LogP contribution < -0.4 is 5.48 Å². The minimum atomic E-state index is -0.352. The second kappa shape index (κ2) is 4.64. The van der Waals surface area contributed by atoms with E-state index in [1.807, 2.05) is 24.3 Å². The number of rotatable bonds is 1. The van der Waals surface area contributed by atoms with Gasteiger partial charge in [-0.05, 0) is 19.2 Å². The van der Waals surface area contributed by atoms with Gasteiger partial charge in [0.1, 0.15) is 0 Å². The Bertz CT molecular complexity index is 464. The zero-order chi connectivity index (χ0) is 12.6. The fourth-order valence-corrected chi connectivity index (χ4v) is 2.57. The van der Waals surface area contributed by atoms with E-state index in [9.17, 15) is 0 Å². The van der Waals surface area contributed by atoms with Crippen molar-refractivity contribution >= 4 is 21.8 Å². The topological polar surface area (TPSA) is 36.9 Å². The van der Waals surface area contributed by atoms with Crippen molar-refractivity contribution in [2.45, 2.75) is 18.6 Å². The molecular formula is C13H16BrN3O. The Hall–Kier alpha value is -0.910. The molecule has 1 aromatic rings. The Morgan fingerprint density at radius 1 is 1.28 bits per heavy atom. The lowest BCUT2D eigenvalue weighted by atomic mass is 10.0. The summed E-state index contributed by atoms with van der Waals surface area (Å²) in [7, 11) is 2.13. The molecule has 18 heavy (non-hydrogen) atoms. The molecule has 0 aromatic heterocycles. The average molecular weight is 310 g/mol. The number of amidine groups is 1. The van der Waals surface area contributed by atoms with E-state index >= 15 is 0 Å². The van der Waals surface area contributed by atoms with Crippen LogP contribution in [0.25, 0.3) is 0 Å². The molecule has 0 aliphatic carbocycles. The number of hydroxylamine groups is 1. The monoisotopic (exact) mass is 309 g/mol. The number of nitrogens with zero attached hydrogens (tertiary/aromatic N) is 2. The van der Waals surface area contributed by atoms with Crippen LogP contribution in [0.15, 0.2) is 33.7 Å². The van der Waals surface area contributed by atoms with Gasteiger partial charge in [0, 0.05) is 36.0 Å². The zero-order valence-electron chi connectivity index (χ0n) is 10.3. The quantitative estimate of drug-likeness (QED) is 0.863. The Kier molecular flexibility index (Phi) is 3.13. The van der Waals surface area contributed by atoms with Gasteiger partial charge in [-0.3, -0.25) is 0 Å². The van der Waals surface area contributed by atoms with E-state index in [0.717, 1.165) is 41.8 Å². The first-order valence-corrected chi connectivity index (χ1v) is 6.95. The first-order valence-electron chi connectivity index (χ1n) is 6.15. The third-order valence-electron chi connectivity index (χ3n) is 3.54. The summed E-state index contributed by atoms with van der Waals surface area (Å²) in [4.78, 5) is 12.8. The van der Waals surface area contributed by atoms with Crippen LogP contribution in [-0.4, -0.2) is 36.6 Å². The van der Waals surface area contributed by atoms with Crippen molar-refractivity contribution in [3.05, 3.63) is 34.3 Å². The van der Waals surface area contributed by atoms with Gasteiger partial charge in [-0.2, -0.15) is 0 Å². The number of likely N-dealkylation sites (tertiary alicyclic amines) is 1. The molecule has 4 nitrogen and oxygen atoms in total. The van der Waals surface area contributed by atoms with Crippen LogP contribution in [0.2, 0.25) is 0 Å². The molecule has 1 fully saturated rings. The van der Waals surface area contributed by atoms with Gasteiger partial charge in [0.15, 0.2) is 11.6 Å². The maximum Gasteiger partial charge on any atom is 0.190 e. The third-order valence-corrected chi connectivity index (χ3v) is 4.07. The van der Waals surface area contributed by atoms with Crippen molar-refractivity contribution in [1.82, 2.24) is 10.4 Å². The highest BCUT2D eigenvalue weighted by Crippen LogP contribution is 2.30. The number of benzene rings is 1. The number of hydrogen-bond donors (Lipinski definition) is 1. The Morgan fingerprint density at radius 2 is 1.94 bits per heavy atom. The molecule has 1 N–H and O–H groups in total. The predicted octanol–water partition coefficient (Wildman–Crippen LogP) is 2.15. The third kappa shape index (κ3) is 2.30. The maximum absolute atomic E-state index is 5.73. The lowest BCUT2D eigenvalue weighted by Crippen LogP contribution is -2.42. The summed E-state index contributed by atoms with van der Waals surface area (Å²) in [5.74, 6) is 0.840. The smallest absolute Gasteiger partial charge is 0.190 e. The number of halogens is 1. The van der Waals surface area contributed by atoms with Gasteiger partial charge >= 0.3 is 0 Å². The molecule has 0 atom stereocenters. The van der Waals surface area contributed by atoms with Crippen LogP contribution in [0.5, 0.6) is 0 Å². The summed E-state index contributed by atoms with van der Waals surface area (Å²) in [5.41, 5.74) is 3.70. The zero-order valence-corrected chi connectivity index (χ0v) is 11.9. The van der Waals surface area contributed by atoms with Crippen LogP contribution in [0.1, 0.15) is 18.4 Å². The lowest BCUT2D eigenvalue weighted by Gasteiger charge is -2.33. The van der Waals surface area contributed by atoms with E-state index in [-0.39, 0.29) is 5.72 Å².